The number of aliphatic carboxylic acids is 1. The molecule has 0 bridgehead atoms. The van der Waals surface area contributed by atoms with Gasteiger partial charge in [0.15, 0.2) is 0 Å². The van der Waals surface area contributed by atoms with Crippen molar-refractivity contribution in [2.45, 2.75) is 24.0 Å². The van der Waals surface area contributed by atoms with E-state index in [-0.39, 0.29) is 10.9 Å². The van der Waals surface area contributed by atoms with Crippen molar-refractivity contribution in [2.75, 3.05) is 12.9 Å². The summed E-state index contributed by atoms with van der Waals surface area (Å²) in [6.07, 6.45) is 2.93. The average molecular weight is 367 g/mol. The minimum Gasteiger partial charge on any atom is -0.477 e. The zero-order chi connectivity index (χ0) is 17.1. The molecule has 1 atom stereocenters. The van der Waals surface area contributed by atoms with Gasteiger partial charge in [-0.25, -0.2) is 9.59 Å². The van der Waals surface area contributed by atoms with Crippen LogP contribution in [-0.4, -0.2) is 44.9 Å². The Hall–Kier alpha value is -1.87. The van der Waals surface area contributed by atoms with Crippen molar-refractivity contribution in [2.24, 2.45) is 0 Å². The van der Waals surface area contributed by atoms with Crippen molar-refractivity contribution < 1.29 is 19.4 Å². The number of nitrogens with one attached hydrogen (secondary N) is 1. The predicted octanol–water partition coefficient (Wildman–Crippen LogP) is 1.36. The third kappa shape index (κ3) is 3.62. The minimum absolute atomic E-state index is 0.0319. The second-order valence-corrected chi connectivity index (χ2v) is 7.47. The van der Waals surface area contributed by atoms with Crippen molar-refractivity contribution in [1.82, 2.24) is 15.1 Å². The van der Waals surface area contributed by atoms with Crippen molar-refractivity contribution in [3.05, 3.63) is 40.3 Å². The molecule has 2 aliphatic heterocycles. The van der Waals surface area contributed by atoms with E-state index >= 15 is 0 Å². The molecule has 0 spiro atoms. The Morgan fingerprint density at radius 2 is 2.38 bits per heavy atom. The Morgan fingerprint density at radius 1 is 1.54 bits per heavy atom. The van der Waals surface area contributed by atoms with E-state index in [9.17, 15) is 9.59 Å². The molecule has 7 nitrogen and oxygen atoms in total. The highest BCUT2D eigenvalue weighted by molar-refractivity contribution is 8.03. The molecule has 0 saturated carbocycles. The van der Waals surface area contributed by atoms with E-state index in [4.69, 9.17) is 9.84 Å². The van der Waals surface area contributed by atoms with Crippen LogP contribution in [0.5, 0.6) is 0 Å². The molecule has 0 aromatic carbocycles. The number of aromatic nitrogens is 2. The van der Waals surface area contributed by atoms with Crippen LogP contribution in [0.4, 0.5) is 0 Å². The van der Waals surface area contributed by atoms with Gasteiger partial charge in [-0.1, -0.05) is 0 Å². The largest absolute Gasteiger partial charge is 0.477 e. The molecule has 0 saturated heterocycles. The molecule has 3 heterocycles. The second kappa shape index (κ2) is 7.35. The highest BCUT2D eigenvalue weighted by atomic mass is 32.2. The minimum atomic E-state index is -1.07. The molecule has 128 valence electrons. The van der Waals surface area contributed by atoms with Gasteiger partial charge >= 0.3 is 11.9 Å². The lowest BCUT2D eigenvalue weighted by Crippen LogP contribution is -2.21. The summed E-state index contributed by atoms with van der Waals surface area (Å²) in [7, 11) is 1.31. The van der Waals surface area contributed by atoms with Crippen LogP contribution in [0.25, 0.3) is 0 Å². The number of carbonyl (C=O) groups excluding carboxylic acids is 1. The monoisotopic (exact) mass is 367 g/mol. The number of fused-ring (bicyclic) bond motifs is 1. The number of carboxylic acid groups (broad SMARTS) is 1. The lowest BCUT2D eigenvalue weighted by atomic mass is 10.1. The smallest absolute Gasteiger partial charge is 0.352 e. The highest BCUT2D eigenvalue weighted by Gasteiger charge is 2.27. The van der Waals surface area contributed by atoms with Crippen LogP contribution in [0.2, 0.25) is 0 Å². The lowest BCUT2D eigenvalue weighted by molar-refractivity contribution is -0.136. The van der Waals surface area contributed by atoms with Gasteiger partial charge in [-0.2, -0.15) is 5.10 Å². The van der Waals surface area contributed by atoms with Crippen molar-refractivity contribution >= 4 is 35.5 Å². The molecule has 24 heavy (non-hydrogen) atoms. The number of hydrogen-bond acceptors (Lipinski definition) is 7. The molecule has 9 heteroatoms. The Labute approximate surface area is 147 Å². The van der Waals surface area contributed by atoms with E-state index in [1.165, 1.54) is 36.2 Å². The first kappa shape index (κ1) is 17.0. The number of ether oxygens (including phenoxy) is 1. The van der Waals surface area contributed by atoms with Gasteiger partial charge in [-0.3, -0.25) is 4.68 Å². The number of hydrogen-bond donors (Lipinski definition) is 2. The number of aryl methyl sites for hydroxylation is 1. The van der Waals surface area contributed by atoms with Crippen LogP contribution >= 0.6 is 23.5 Å². The fourth-order valence-corrected chi connectivity index (χ4v) is 4.46. The zero-order valence-electron chi connectivity index (χ0n) is 13.0. The van der Waals surface area contributed by atoms with Crippen molar-refractivity contribution in [3.63, 3.8) is 0 Å². The summed E-state index contributed by atoms with van der Waals surface area (Å²) < 4.78 is 6.82. The topological polar surface area (TPSA) is 93.5 Å². The van der Waals surface area contributed by atoms with Crippen LogP contribution in [0, 0.1) is 0 Å². The first-order valence-corrected chi connectivity index (χ1v) is 9.45. The summed E-state index contributed by atoms with van der Waals surface area (Å²) in [5.41, 5.74) is 2.53. The predicted molar refractivity (Wildman–Crippen MR) is 92.4 cm³/mol. The van der Waals surface area contributed by atoms with Gasteiger partial charge in [0.05, 0.1) is 24.3 Å². The molecule has 0 aliphatic carbocycles. The number of methoxy groups -OCH3 is 1. The quantitative estimate of drug-likeness (QED) is 0.771. The summed E-state index contributed by atoms with van der Waals surface area (Å²) in [5.74, 6) is 0.389. The fourth-order valence-electron chi connectivity index (χ4n) is 2.53. The van der Waals surface area contributed by atoms with Gasteiger partial charge in [0.1, 0.15) is 5.70 Å². The first-order valence-electron chi connectivity index (χ1n) is 7.35. The summed E-state index contributed by atoms with van der Waals surface area (Å²) in [6.45, 7) is 0. The first-order chi connectivity index (χ1) is 11.6. The Morgan fingerprint density at radius 3 is 3.08 bits per heavy atom. The second-order valence-electron chi connectivity index (χ2n) is 5.32. The van der Waals surface area contributed by atoms with E-state index in [2.05, 4.69) is 16.5 Å². The third-order valence-electron chi connectivity index (χ3n) is 3.76. The summed E-state index contributed by atoms with van der Waals surface area (Å²) in [6, 6.07) is 2.06. The summed E-state index contributed by atoms with van der Waals surface area (Å²) in [4.78, 5) is 23.2. The molecule has 2 aliphatic rings. The van der Waals surface area contributed by atoms with Gasteiger partial charge < -0.3 is 15.2 Å². The van der Waals surface area contributed by atoms with E-state index in [1.54, 1.807) is 0 Å². The van der Waals surface area contributed by atoms with Gasteiger partial charge in [-0.15, -0.1) is 23.5 Å². The van der Waals surface area contributed by atoms with Crippen LogP contribution < -0.4 is 5.32 Å². The lowest BCUT2D eigenvalue weighted by Gasteiger charge is -2.14. The Balaban J connectivity index is 1.83. The van der Waals surface area contributed by atoms with Crippen LogP contribution in [-0.2, 0) is 33.0 Å². The van der Waals surface area contributed by atoms with Crippen molar-refractivity contribution in [1.29, 1.82) is 0 Å². The maximum Gasteiger partial charge on any atom is 0.352 e. The van der Waals surface area contributed by atoms with Gasteiger partial charge in [0, 0.05) is 34.7 Å². The molecular formula is C15H17N3O4S2. The van der Waals surface area contributed by atoms with E-state index in [0.717, 1.165) is 23.7 Å². The summed E-state index contributed by atoms with van der Waals surface area (Å²) >= 11 is 3.12. The average Bonchev–Trinajstić information content (AvgIpc) is 2.86. The molecule has 0 amide bonds. The summed E-state index contributed by atoms with van der Waals surface area (Å²) in [5, 5.41) is 17.6. The van der Waals surface area contributed by atoms with Gasteiger partial charge in [-0.05, 0) is 12.5 Å². The number of nitrogens with zero attached hydrogens (tertiary/aromatic N) is 2. The standard InChI is InChI=1S/C15H17N3O4S2/c1-22-15(21)11-6-16-12(14(19)20)7-24-13(11)5-9-4-10-2-3-23-8-18(10)17-9/h4,6-7,13,16H,2-3,5,8H2,1H3,(H,19,20). The number of rotatable bonds is 4. The van der Waals surface area contributed by atoms with Crippen LogP contribution in [0.3, 0.4) is 0 Å². The molecule has 2 N–H and O–H groups in total. The Kier molecular flexibility index (Phi) is 5.20. The van der Waals surface area contributed by atoms with E-state index in [0.29, 0.717) is 12.0 Å². The number of carboxylic acids is 1. The number of esters is 1. The van der Waals surface area contributed by atoms with Crippen LogP contribution in [0.1, 0.15) is 11.4 Å². The Bertz CT molecular complexity index is 703. The SMILES string of the molecule is COC(=O)C1=CNC(C(=O)O)=CSC1Cc1cc2n(n1)CSCC2. The highest BCUT2D eigenvalue weighted by Crippen LogP contribution is 2.29. The molecule has 0 fully saturated rings. The third-order valence-corrected chi connectivity index (χ3v) is 5.80. The van der Waals surface area contributed by atoms with E-state index < -0.39 is 11.9 Å². The number of carbonyl (C=O) groups is 2. The molecule has 1 aromatic heterocycles. The number of thioether (sulfide) groups is 2. The molecule has 1 unspecified atom stereocenters. The normalized spacial score (nSPS) is 20.1. The molecular weight excluding hydrogens is 350 g/mol. The zero-order valence-corrected chi connectivity index (χ0v) is 14.7. The maximum atomic E-state index is 12.0. The molecule has 3 rings (SSSR count). The molecule has 1 aromatic rings. The fraction of sp³-hybridized carbons (Fsp3) is 0.400. The maximum absolute atomic E-state index is 12.0. The van der Waals surface area contributed by atoms with Gasteiger partial charge in [0.2, 0.25) is 0 Å². The van der Waals surface area contributed by atoms with Gasteiger partial charge in [0.25, 0.3) is 0 Å². The molecule has 0 radical (unpaired) electrons. The van der Waals surface area contributed by atoms with Crippen LogP contribution in [0.15, 0.2) is 28.9 Å². The van der Waals surface area contributed by atoms with Crippen molar-refractivity contribution in [3.8, 4) is 0 Å². The van der Waals surface area contributed by atoms with E-state index in [1.807, 2.05) is 16.4 Å².